The van der Waals surface area contributed by atoms with Gasteiger partial charge in [0.25, 0.3) is 0 Å². The summed E-state index contributed by atoms with van der Waals surface area (Å²) in [7, 11) is 0. The van der Waals surface area contributed by atoms with Crippen LogP contribution in [0.4, 0.5) is 5.13 Å². The van der Waals surface area contributed by atoms with E-state index < -0.39 is 0 Å². The van der Waals surface area contributed by atoms with Crippen LogP contribution in [0.1, 0.15) is 5.69 Å². The van der Waals surface area contributed by atoms with Crippen LogP contribution < -0.4 is 9.64 Å². The van der Waals surface area contributed by atoms with E-state index in [4.69, 9.17) is 4.74 Å². The normalized spacial score (nSPS) is 16.1. The number of piperazine rings is 1. The quantitative estimate of drug-likeness (QED) is 0.810. The zero-order valence-corrected chi connectivity index (χ0v) is 12.8. The highest BCUT2D eigenvalue weighted by atomic mass is 32.1. The van der Waals surface area contributed by atoms with Crippen molar-refractivity contribution in [2.45, 2.75) is 6.92 Å². The topological polar surface area (TPSA) is 67.3 Å². The molecule has 3 rings (SSSR count). The molecule has 0 atom stereocenters. The monoisotopic (exact) mass is 306 g/mol. The van der Waals surface area contributed by atoms with Crippen molar-refractivity contribution in [3.63, 3.8) is 0 Å². The van der Waals surface area contributed by atoms with E-state index in [1.165, 1.54) is 0 Å². The lowest BCUT2D eigenvalue weighted by Gasteiger charge is -2.34. The molecular weight excluding hydrogens is 288 g/mol. The number of ether oxygens (including phenoxy) is 1. The van der Waals surface area contributed by atoms with Crippen molar-refractivity contribution < 1.29 is 4.74 Å². The molecule has 0 amide bonds. The standard InChI is InChI=1S/C13H18N6OS/c1-11-2-3-12(16-15-11)20-9-8-18-4-6-19(7-5-18)13-17-14-10-21-13/h2-3,10H,4-9H2,1H3. The molecule has 1 aliphatic rings. The maximum absolute atomic E-state index is 5.61. The smallest absolute Gasteiger partial charge is 0.233 e. The molecule has 0 N–H and O–H groups in total. The second-order valence-corrected chi connectivity index (χ2v) is 5.72. The van der Waals surface area contributed by atoms with Gasteiger partial charge in [-0.1, -0.05) is 11.3 Å². The molecule has 0 saturated carbocycles. The SMILES string of the molecule is Cc1ccc(OCCN2CCN(c3nncs3)CC2)nn1. The van der Waals surface area contributed by atoms with E-state index in [2.05, 4.69) is 30.2 Å². The van der Waals surface area contributed by atoms with Gasteiger partial charge >= 0.3 is 0 Å². The molecular formula is C13H18N6OS. The van der Waals surface area contributed by atoms with Crippen LogP contribution in [0, 0.1) is 6.92 Å². The van der Waals surface area contributed by atoms with E-state index >= 15 is 0 Å². The first-order valence-corrected chi connectivity index (χ1v) is 7.86. The van der Waals surface area contributed by atoms with Crippen molar-refractivity contribution in [1.82, 2.24) is 25.3 Å². The molecule has 8 heteroatoms. The first-order chi connectivity index (χ1) is 10.3. The number of aryl methyl sites for hydroxylation is 1. The summed E-state index contributed by atoms with van der Waals surface area (Å²) >= 11 is 1.59. The highest BCUT2D eigenvalue weighted by Gasteiger charge is 2.18. The van der Waals surface area contributed by atoms with Crippen molar-refractivity contribution in [1.29, 1.82) is 0 Å². The third-order valence-corrected chi connectivity index (χ3v) is 4.17. The Balaban J connectivity index is 1.38. The van der Waals surface area contributed by atoms with Gasteiger partial charge in [-0.05, 0) is 13.0 Å². The van der Waals surface area contributed by atoms with Crippen molar-refractivity contribution >= 4 is 16.5 Å². The molecule has 1 saturated heterocycles. The van der Waals surface area contributed by atoms with Crippen LogP contribution in [-0.2, 0) is 0 Å². The predicted molar refractivity (Wildman–Crippen MR) is 80.8 cm³/mol. The fourth-order valence-corrected chi connectivity index (χ4v) is 2.83. The van der Waals surface area contributed by atoms with Gasteiger partial charge in [0.1, 0.15) is 12.1 Å². The summed E-state index contributed by atoms with van der Waals surface area (Å²) in [4.78, 5) is 4.67. The molecule has 2 aromatic rings. The van der Waals surface area contributed by atoms with Crippen LogP contribution in [0.3, 0.4) is 0 Å². The average Bonchev–Trinajstić information content (AvgIpc) is 3.04. The van der Waals surface area contributed by atoms with Gasteiger partial charge in [-0.15, -0.1) is 15.3 Å². The van der Waals surface area contributed by atoms with Gasteiger partial charge in [0.15, 0.2) is 0 Å². The average molecular weight is 306 g/mol. The molecule has 0 spiro atoms. The van der Waals surface area contributed by atoms with Crippen molar-refractivity contribution in [3.8, 4) is 5.88 Å². The molecule has 0 aromatic carbocycles. The third-order valence-electron chi connectivity index (χ3n) is 3.42. The molecule has 0 radical (unpaired) electrons. The molecule has 21 heavy (non-hydrogen) atoms. The van der Waals surface area contributed by atoms with Crippen molar-refractivity contribution in [2.75, 3.05) is 44.2 Å². The Hall–Kier alpha value is -1.80. The van der Waals surface area contributed by atoms with Crippen LogP contribution in [-0.4, -0.2) is 64.6 Å². The number of rotatable bonds is 5. The van der Waals surface area contributed by atoms with Gasteiger partial charge < -0.3 is 9.64 Å². The van der Waals surface area contributed by atoms with Crippen molar-refractivity contribution in [2.24, 2.45) is 0 Å². The largest absolute Gasteiger partial charge is 0.475 e. The molecule has 1 aliphatic heterocycles. The summed E-state index contributed by atoms with van der Waals surface area (Å²) < 4.78 is 5.61. The van der Waals surface area contributed by atoms with Crippen LogP contribution in [0.15, 0.2) is 17.6 Å². The van der Waals surface area contributed by atoms with Crippen LogP contribution in [0.25, 0.3) is 0 Å². The van der Waals surface area contributed by atoms with E-state index in [-0.39, 0.29) is 0 Å². The minimum Gasteiger partial charge on any atom is -0.475 e. The fraction of sp³-hybridized carbons (Fsp3) is 0.538. The molecule has 0 aliphatic carbocycles. The minimum atomic E-state index is 0.591. The lowest BCUT2D eigenvalue weighted by molar-refractivity contribution is 0.196. The number of anilines is 1. The summed E-state index contributed by atoms with van der Waals surface area (Å²) in [5.41, 5.74) is 2.67. The summed E-state index contributed by atoms with van der Waals surface area (Å²) in [6.07, 6.45) is 0. The molecule has 112 valence electrons. The van der Waals surface area contributed by atoms with Crippen LogP contribution in [0.5, 0.6) is 5.88 Å². The maximum Gasteiger partial charge on any atom is 0.233 e. The first kappa shape index (κ1) is 14.2. The second-order valence-electron chi connectivity index (χ2n) is 4.91. The van der Waals surface area contributed by atoms with E-state index in [9.17, 15) is 0 Å². The Labute approximate surface area is 127 Å². The Morgan fingerprint density at radius 1 is 1.14 bits per heavy atom. The zero-order valence-electron chi connectivity index (χ0n) is 12.0. The third kappa shape index (κ3) is 3.85. The van der Waals surface area contributed by atoms with Gasteiger partial charge in [0.05, 0.1) is 5.69 Å². The summed E-state index contributed by atoms with van der Waals surface area (Å²) in [6.45, 7) is 7.45. The fourth-order valence-electron chi connectivity index (χ4n) is 2.21. The Kier molecular flexibility index (Phi) is 4.56. The Morgan fingerprint density at radius 2 is 2.00 bits per heavy atom. The second kappa shape index (κ2) is 6.77. The van der Waals surface area contributed by atoms with Crippen LogP contribution in [0.2, 0.25) is 0 Å². The van der Waals surface area contributed by atoms with E-state index in [1.54, 1.807) is 16.8 Å². The maximum atomic E-state index is 5.61. The van der Waals surface area contributed by atoms with Gasteiger partial charge in [-0.25, -0.2) is 0 Å². The summed E-state index contributed by atoms with van der Waals surface area (Å²) in [6, 6.07) is 3.76. The van der Waals surface area contributed by atoms with Gasteiger partial charge in [-0.2, -0.15) is 5.10 Å². The van der Waals surface area contributed by atoms with Crippen LogP contribution >= 0.6 is 11.3 Å². The Bertz CT molecular complexity index is 538. The van der Waals surface area contributed by atoms with Gasteiger partial charge in [-0.3, -0.25) is 4.90 Å². The van der Waals surface area contributed by atoms with E-state index in [0.29, 0.717) is 12.5 Å². The number of aromatic nitrogens is 4. The lowest BCUT2D eigenvalue weighted by atomic mass is 10.3. The molecule has 3 heterocycles. The lowest BCUT2D eigenvalue weighted by Crippen LogP contribution is -2.47. The summed E-state index contributed by atoms with van der Waals surface area (Å²) in [5.74, 6) is 0.591. The molecule has 0 unspecified atom stereocenters. The highest BCUT2D eigenvalue weighted by molar-refractivity contribution is 7.13. The molecule has 2 aromatic heterocycles. The van der Waals surface area contributed by atoms with E-state index in [1.807, 2.05) is 19.1 Å². The molecule has 7 nitrogen and oxygen atoms in total. The minimum absolute atomic E-state index is 0.591. The molecule has 0 bridgehead atoms. The predicted octanol–water partition coefficient (Wildman–Crippen LogP) is 0.838. The molecule has 1 fully saturated rings. The highest BCUT2D eigenvalue weighted by Crippen LogP contribution is 2.17. The van der Waals surface area contributed by atoms with Crippen molar-refractivity contribution in [3.05, 3.63) is 23.3 Å². The zero-order chi connectivity index (χ0) is 14.5. The Morgan fingerprint density at radius 3 is 2.67 bits per heavy atom. The summed E-state index contributed by atoms with van der Waals surface area (Å²) in [5, 5.41) is 17.0. The van der Waals surface area contributed by atoms with Gasteiger partial charge in [0, 0.05) is 38.8 Å². The number of hydrogen-bond donors (Lipinski definition) is 0. The number of hydrogen-bond acceptors (Lipinski definition) is 8. The first-order valence-electron chi connectivity index (χ1n) is 6.98. The van der Waals surface area contributed by atoms with E-state index in [0.717, 1.165) is 43.5 Å². The number of nitrogens with zero attached hydrogens (tertiary/aromatic N) is 6. The van der Waals surface area contributed by atoms with Gasteiger partial charge in [0.2, 0.25) is 11.0 Å².